The van der Waals surface area contributed by atoms with Crippen molar-refractivity contribution >= 4 is 17.3 Å². The van der Waals surface area contributed by atoms with Gasteiger partial charge in [-0.3, -0.25) is 0 Å². The second kappa shape index (κ2) is 7.01. The van der Waals surface area contributed by atoms with E-state index in [2.05, 4.69) is 48.6 Å². The summed E-state index contributed by atoms with van der Waals surface area (Å²) in [6.45, 7) is 2.08. The predicted molar refractivity (Wildman–Crippen MR) is 97.7 cm³/mol. The maximum Gasteiger partial charge on any atom is 0.339 e. The number of nitrogens with one attached hydrogen (secondary N) is 1. The van der Waals surface area contributed by atoms with Gasteiger partial charge in [0.2, 0.25) is 0 Å². The zero-order valence-electron chi connectivity index (χ0n) is 13.7. The summed E-state index contributed by atoms with van der Waals surface area (Å²) in [6.07, 6.45) is 0. The van der Waals surface area contributed by atoms with Gasteiger partial charge in [-0.05, 0) is 42.3 Å². The molecular formula is C21H19NO2. The second-order valence-corrected chi connectivity index (χ2v) is 5.61. The van der Waals surface area contributed by atoms with Gasteiger partial charge in [0.05, 0.1) is 18.4 Å². The normalized spacial score (nSPS) is 10.2. The lowest BCUT2D eigenvalue weighted by molar-refractivity contribution is 0.0602. The first-order valence-corrected chi connectivity index (χ1v) is 7.79. The van der Waals surface area contributed by atoms with E-state index in [0.29, 0.717) is 5.56 Å². The molecule has 0 radical (unpaired) electrons. The fourth-order valence-corrected chi connectivity index (χ4v) is 2.53. The molecule has 0 aromatic heterocycles. The van der Waals surface area contributed by atoms with E-state index >= 15 is 0 Å². The molecule has 3 aromatic rings. The van der Waals surface area contributed by atoms with E-state index in [1.54, 1.807) is 6.07 Å². The van der Waals surface area contributed by atoms with Crippen LogP contribution in [0.3, 0.4) is 0 Å². The highest BCUT2D eigenvalue weighted by molar-refractivity contribution is 5.96. The minimum absolute atomic E-state index is 0.352. The van der Waals surface area contributed by atoms with Crippen LogP contribution >= 0.6 is 0 Å². The van der Waals surface area contributed by atoms with Crippen LogP contribution < -0.4 is 5.32 Å². The number of benzene rings is 3. The van der Waals surface area contributed by atoms with Gasteiger partial charge >= 0.3 is 5.97 Å². The lowest BCUT2D eigenvalue weighted by Gasteiger charge is -2.11. The molecule has 120 valence electrons. The summed E-state index contributed by atoms with van der Waals surface area (Å²) in [5.74, 6) is -0.352. The predicted octanol–water partition coefficient (Wildman–Crippen LogP) is 5.19. The first kappa shape index (κ1) is 15.8. The fraction of sp³-hybridized carbons (Fsp3) is 0.0952. The molecular weight excluding hydrogens is 298 g/mol. The Bertz CT molecular complexity index is 836. The Kier molecular flexibility index (Phi) is 4.62. The second-order valence-electron chi connectivity index (χ2n) is 5.61. The van der Waals surface area contributed by atoms with E-state index in [4.69, 9.17) is 4.74 Å². The van der Waals surface area contributed by atoms with E-state index in [1.807, 2.05) is 30.3 Å². The summed E-state index contributed by atoms with van der Waals surface area (Å²) in [6, 6.07) is 23.9. The molecule has 1 N–H and O–H groups in total. The summed E-state index contributed by atoms with van der Waals surface area (Å²) in [7, 11) is 1.38. The summed E-state index contributed by atoms with van der Waals surface area (Å²) >= 11 is 0. The van der Waals surface area contributed by atoms with Crippen molar-refractivity contribution in [2.24, 2.45) is 0 Å². The highest BCUT2D eigenvalue weighted by atomic mass is 16.5. The highest BCUT2D eigenvalue weighted by Gasteiger charge is 2.10. The monoisotopic (exact) mass is 317 g/mol. The van der Waals surface area contributed by atoms with E-state index in [1.165, 1.54) is 18.2 Å². The van der Waals surface area contributed by atoms with Crippen LogP contribution in [0, 0.1) is 6.92 Å². The number of carbonyl (C=O) groups excluding carboxylic acids is 1. The molecule has 0 saturated carbocycles. The number of hydrogen-bond acceptors (Lipinski definition) is 3. The molecule has 0 amide bonds. The molecule has 24 heavy (non-hydrogen) atoms. The third-order valence-corrected chi connectivity index (χ3v) is 3.88. The Hall–Kier alpha value is -3.07. The molecule has 3 heteroatoms. The fourth-order valence-electron chi connectivity index (χ4n) is 2.53. The SMILES string of the molecule is COC(=O)c1ccccc1Nc1ccc(-c2ccc(C)cc2)cc1. The number of hydrogen-bond donors (Lipinski definition) is 1. The largest absolute Gasteiger partial charge is 0.465 e. The van der Waals surface area contributed by atoms with Gasteiger partial charge in [-0.2, -0.15) is 0 Å². The number of methoxy groups -OCH3 is 1. The topological polar surface area (TPSA) is 38.3 Å². The van der Waals surface area contributed by atoms with Crippen LogP contribution in [-0.2, 0) is 4.74 Å². The lowest BCUT2D eigenvalue weighted by Crippen LogP contribution is -2.05. The molecule has 0 fully saturated rings. The van der Waals surface area contributed by atoms with Crippen LogP contribution in [0.25, 0.3) is 11.1 Å². The van der Waals surface area contributed by atoms with Gasteiger partial charge in [-0.15, -0.1) is 0 Å². The Balaban J connectivity index is 1.82. The molecule has 0 heterocycles. The average Bonchev–Trinajstić information content (AvgIpc) is 2.63. The highest BCUT2D eigenvalue weighted by Crippen LogP contribution is 2.25. The number of rotatable bonds is 4. The molecule has 3 rings (SSSR count). The molecule has 0 atom stereocenters. The van der Waals surface area contributed by atoms with Crippen molar-refractivity contribution in [3.8, 4) is 11.1 Å². The van der Waals surface area contributed by atoms with Crippen molar-refractivity contribution in [1.29, 1.82) is 0 Å². The van der Waals surface area contributed by atoms with Crippen LogP contribution in [0.15, 0.2) is 72.8 Å². The van der Waals surface area contributed by atoms with Gasteiger partial charge in [0.1, 0.15) is 0 Å². The van der Waals surface area contributed by atoms with Crippen molar-refractivity contribution < 1.29 is 9.53 Å². The van der Waals surface area contributed by atoms with Gasteiger partial charge in [0.15, 0.2) is 0 Å². The number of esters is 1. The third-order valence-electron chi connectivity index (χ3n) is 3.88. The van der Waals surface area contributed by atoms with Gasteiger partial charge in [0, 0.05) is 5.69 Å². The van der Waals surface area contributed by atoms with E-state index in [-0.39, 0.29) is 5.97 Å². The van der Waals surface area contributed by atoms with Crippen LogP contribution in [0.2, 0.25) is 0 Å². The van der Waals surface area contributed by atoms with Crippen LogP contribution in [-0.4, -0.2) is 13.1 Å². The van der Waals surface area contributed by atoms with Crippen LogP contribution in [0.5, 0.6) is 0 Å². The maximum atomic E-state index is 11.8. The number of aryl methyl sites for hydroxylation is 1. The van der Waals surface area contributed by atoms with Crippen molar-refractivity contribution in [2.75, 3.05) is 12.4 Å². The molecule has 0 aliphatic rings. The minimum Gasteiger partial charge on any atom is -0.465 e. The molecule has 0 aliphatic heterocycles. The minimum atomic E-state index is -0.352. The molecule has 0 saturated heterocycles. The molecule has 3 nitrogen and oxygen atoms in total. The van der Waals surface area contributed by atoms with Crippen molar-refractivity contribution in [3.63, 3.8) is 0 Å². The van der Waals surface area contributed by atoms with Gasteiger partial charge in [0.25, 0.3) is 0 Å². The van der Waals surface area contributed by atoms with E-state index in [0.717, 1.165) is 16.9 Å². The average molecular weight is 317 g/mol. The quantitative estimate of drug-likeness (QED) is 0.673. The summed E-state index contributed by atoms with van der Waals surface area (Å²) in [5.41, 5.74) is 5.75. The molecule has 3 aromatic carbocycles. The standard InChI is InChI=1S/C21H19NO2/c1-15-7-9-16(10-8-15)17-11-13-18(14-12-17)22-20-6-4-3-5-19(20)21(23)24-2/h3-14,22H,1-2H3. The van der Waals surface area contributed by atoms with Gasteiger partial charge in [-0.1, -0.05) is 54.1 Å². The number of para-hydroxylation sites is 1. The Morgan fingerprint density at radius 3 is 2.04 bits per heavy atom. The maximum absolute atomic E-state index is 11.8. The summed E-state index contributed by atoms with van der Waals surface area (Å²) < 4.78 is 4.82. The smallest absolute Gasteiger partial charge is 0.339 e. The molecule has 0 spiro atoms. The number of anilines is 2. The van der Waals surface area contributed by atoms with Crippen molar-refractivity contribution in [3.05, 3.63) is 83.9 Å². The number of carbonyl (C=O) groups is 1. The van der Waals surface area contributed by atoms with Crippen LogP contribution in [0.1, 0.15) is 15.9 Å². The Labute approximate surface area is 141 Å². The van der Waals surface area contributed by atoms with Crippen molar-refractivity contribution in [2.45, 2.75) is 6.92 Å². The lowest BCUT2D eigenvalue weighted by atomic mass is 10.0. The van der Waals surface area contributed by atoms with Crippen molar-refractivity contribution in [1.82, 2.24) is 0 Å². The van der Waals surface area contributed by atoms with E-state index < -0.39 is 0 Å². The Morgan fingerprint density at radius 1 is 0.833 bits per heavy atom. The van der Waals surface area contributed by atoms with Crippen LogP contribution in [0.4, 0.5) is 11.4 Å². The Morgan fingerprint density at radius 2 is 1.42 bits per heavy atom. The summed E-state index contributed by atoms with van der Waals surface area (Å²) in [4.78, 5) is 11.8. The molecule has 0 aliphatic carbocycles. The molecule has 0 unspecified atom stereocenters. The summed E-state index contributed by atoms with van der Waals surface area (Å²) in [5, 5.41) is 3.27. The third kappa shape index (κ3) is 3.46. The van der Waals surface area contributed by atoms with E-state index in [9.17, 15) is 4.79 Å². The first-order valence-electron chi connectivity index (χ1n) is 7.79. The van der Waals surface area contributed by atoms with Gasteiger partial charge < -0.3 is 10.1 Å². The number of ether oxygens (including phenoxy) is 1. The zero-order valence-corrected chi connectivity index (χ0v) is 13.7. The zero-order chi connectivity index (χ0) is 16.9. The first-order chi connectivity index (χ1) is 11.7. The van der Waals surface area contributed by atoms with Gasteiger partial charge in [-0.25, -0.2) is 4.79 Å². The molecule has 0 bridgehead atoms.